The van der Waals surface area contributed by atoms with Crippen LogP contribution in [-0.2, 0) is 10.5 Å². The van der Waals surface area contributed by atoms with Crippen molar-refractivity contribution in [3.05, 3.63) is 33.1 Å². The van der Waals surface area contributed by atoms with Gasteiger partial charge in [-0.15, -0.1) is 0 Å². The molecule has 1 saturated heterocycles. The summed E-state index contributed by atoms with van der Waals surface area (Å²) in [5.41, 5.74) is -4.14. The Kier molecular flexibility index (Phi) is 2.86. The van der Waals surface area contributed by atoms with Gasteiger partial charge < -0.3 is 20.1 Å². The number of aromatic nitrogens is 2. The molecule has 0 amide bonds. The van der Waals surface area contributed by atoms with E-state index in [1.54, 1.807) is 0 Å². The van der Waals surface area contributed by atoms with Gasteiger partial charge in [-0.25, -0.2) is 9.18 Å². The molecular weight excluding hydrogens is 251 g/mol. The number of nitrogens with one attached hydrogen (secondary N) is 1. The topological polar surface area (TPSA) is 125 Å². The van der Waals surface area contributed by atoms with Crippen molar-refractivity contribution in [3.63, 3.8) is 0 Å². The van der Waals surface area contributed by atoms with Gasteiger partial charge in [-0.1, -0.05) is 0 Å². The van der Waals surface area contributed by atoms with E-state index >= 15 is 0 Å². The molecule has 0 unspecified atom stereocenters. The van der Waals surface area contributed by atoms with Gasteiger partial charge >= 0.3 is 5.69 Å². The Morgan fingerprint density at radius 2 is 2.28 bits per heavy atom. The minimum Gasteiger partial charge on any atom is -0.390 e. The predicted molar refractivity (Wildman–Crippen MR) is 54.4 cm³/mol. The van der Waals surface area contributed by atoms with Gasteiger partial charge in [-0.2, -0.15) is 0 Å². The third kappa shape index (κ3) is 1.68. The molecule has 1 fully saturated rings. The molecule has 100 valence electrons. The van der Waals surface area contributed by atoms with E-state index in [4.69, 9.17) is 5.11 Å². The lowest BCUT2D eigenvalue weighted by molar-refractivity contribution is -0.195. The fourth-order valence-corrected chi connectivity index (χ4v) is 1.78. The minimum absolute atomic E-state index is 0.538. The first-order valence-electron chi connectivity index (χ1n) is 5.00. The van der Waals surface area contributed by atoms with E-state index in [-0.39, 0.29) is 0 Å². The normalized spacial score (nSPS) is 35.9. The van der Waals surface area contributed by atoms with Crippen LogP contribution in [0.25, 0.3) is 0 Å². The zero-order valence-corrected chi connectivity index (χ0v) is 9.04. The Morgan fingerprint density at radius 1 is 1.61 bits per heavy atom. The Balaban J connectivity index is 2.51. The van der Waals surface area contributed by atoms with E-state index in [0.717, 1.165) is 12.3 Å². The molecule has 9 heteroatoms. The van der Waals surface area contributed by atoms with Crippen molar-refractivity contribution in [1.29, 1.82) is 0 Å². The summed E-state index contributed by atoms with van der Waals surface area (Å²) in [4.78, 5) is 24.2. The Bertz CT molecular complexity index is 571. The number of hydrogen-bond acceptors (Lipinski definition) is 6. The minimum atomic E-state index is -2.87. The molecule has 2 heterocycles. The van der Waals surface area contributed by atoms with Crippen LogP contribution in [0.4, 0.5) is 4.39 Å². The molecule has 3 atom stereocenters. The Hall–Kier alpha value is -1.55. The van der Waals surface area contributed by atoms with E-state index in [1.165, 1.54) is 0 Å². The van der Waals surface area contributed by atoms with Crippen molar-refractivity contribution in [2.45, 2.75) is 17.7 Å². The second kappa shape index (κ2) is 3.99. The largest absolute Gasteiger partial charge is 0.390 e. The molecule has 0 aliphatic carbocycles. The summed E-state index contributed by atoms with van der Waals surface area (Å²) in [7, 11) is 0. The first kappa shape index (κ1) is 12.9. The molecule has 2 rings (SSSR count). The number of nitrogens with zero attached hydrogens (tertiary/aromatic N) is 1. The van der Waals surface area contributed by atoms with Gasteiger partial charge in [-0.05, 0) is 0 Å². The molecule has 1 aromatic heterocycles. The highest BCUT2D eigenvalue weighted by molar-refractivity contribution is 5.01. The number of rotatable bonds is 2. The summed E-state index contributed by atoms with van der Waals surface area (Å²) >= 11 is 0. The number of halogens is 1. The average Bonchev–Trinajstić information content (AvgIpc) is 2.56. The maximum Gasteiger partial charge on any atom is 0.330 e. The maximum atomic E-state index is 13.8. The molecule has 0 spiro atoms. The molecule has 4 N–H and O–H groups in total. The molecule has 8 nitrogen and oxygen atoms in total. The van der Waals surface area contributed by atoms with E-state index < -0.39 is 42.1 Å². The number of hydrogen-bond donors (Lipinski definition) is 4. The Morgan fingerprint density at radius 3 is 2.78 bits per heavy atom. The van der Waals surface area contributed by atoms with E-state index in [0.29, 0.717) is 4.57 Å². The van der Waals surface area contributed by atoms with E-state index in [1.807, 2.05) is 4.98 Å². The van der Waals surface area contributed by atoms with Gasteiger partial charge in [0.1, 0.15) is 13.2 Å². The first-order chi connectivity index (χ1) is 8.33. The lowest BCUT2D eigenvalue weighted by Gasteiger charge is -2.29. The molecule has 0 radical (unpaired) electrons. The fourth-order valence-electron chi connectivity index (χ4n) is 1.78. The molecule has 1 aliphatic heterocycles. The summed E-state index contributed by atoms with van der Waals surface area (Å²) in [6, 6.07) is 0.920. The van der Waals surface area contributed by atoms with E-state index in [9.17, 15) is 24.2 Å². The highest BCUT2D eigenvalue weighted by Gasteiger charge is 2.60. The van der Waals surface area contributed by atoms with Crippen LogP contribution in [0, 0.1) is 0 Å². The molecular formula is C9H11FN2O6. The van der Waals surface area contributed by atoms with Crippen LogP contribution in [0.3, 0.4) is 0 Å². The third-order valence-electron chi connectivity index (χ3n) is 2.83. The Labute approximate surface area is 98.9 Å². The number of ether oxygens (including phenoxy) is 1. The van der Waals surface area contributed by atoms with Gasteiger partial charge in [0.15, 0.2) is 6.10 Å². The molecule has 1 aliphatic rings. The number of alkyl halides is 1. The smallest absolute Gasteiger partial charge is 0.330 e. The summed E-state index contributed by atoms with van der Waals surface area (Å²) in [5.74, 6) is -2.87. The van der Waals surface area contributed by atoms with Gasteiger partial charge in [-0.3, -0.25) is 14.3 Å². The van der Waals surface area contributed by atoms with Crippen LogP contribution in [0.15, 0.2) is 21.9 Å². The van der Waals surface area contributed by atoms with Gasteiger partial charge in [0, 0.05) is 12.3 Å². The first-order valence-corrected chi connectivity index (χ1v) is 5.00. The van der Waals surface area contributed by atoms with Crippen LogP contribution in [0.1, 0.15) is 0 Å². The van der Waals surface area contributed by atoms with Crippen molar-refractivity contribution >= 4 is 0 Å². The number of H-pyrrole nitrogens is 1. The molecule has 1 aromatic rings. The maximum absolute atomic E-state index is 13.8. The van der Waals surface area contributed by atoms with Crippen molar-refractivity contribution in [2.75, 3.05) is 13.2 Å². The zero-order chi connectivity index (χ0) is 13.6. The summed E-state index contributed by atoms with van der Waals surface area (Å²) in [6.07, 6.45) is -1.28. The van der Waals surface area contributed by atoms with E-state index in [2.05, 4.69) is 4.74 Å². The lowest BCUT2D eigenvalue weighted by Crippen LogP contribution is -2.55. The SMILES string of the molecule is O=c1ccn([C@@]2(O)CO[C@](F)(CO)[C@H]2O)c(=O)[nH]1. The van der Waals surface area contributed by atoms with Crippen molar-refractivity contribution in [2.24, 2.45) is 0 Å². The number of aromatic amines is 1. The average molecular weight is 262 g/mol. The van der Waals surface area contributed by atoms with Crippen molar-refractivity contribution < 1.29 is 24.4 Å². The zero-order valence-electron chi connectivity index (χ0n) is 9.04. The van der Waals surface area contributed by atoms with Crippen LogP contribution in [0.5, 0.6) is 0 Å². The molecule has 0 aromatic carbocycles. The van der Waals surface area contributed by atoms with Crippen LogP contribution in [-0.4, -0.2) is 50.0 Å². The second-order valence-electron chi connectivity index (χ2n) is 3.99. The molecule has 0 saturated carbocycles. The van der Waals surface area contributed by atoms with Crippen LogP contribution in [0.2, 0.25) is 0 Å². The monoisotopic (exact) mass is 262 g/mol. The second-order valence-corrected chi connectivity index (χ2v) is 3.99. The fraction of sp³-hybridized carbons (Fsp3) is 0.556. The summed E-state index contributed by atoms with van der Waals surface area (Å²) in [5, 5.41) is 28.5. The van der Waals surface area contributed by atoms with Gasteiger partial charge in [0.2, 0.25) is 5.72 Å². The van der Waals surface area contributed by atoms with Crippen molar-refractivity contribution in [1.82, 2.24) is 9.55 Å². The van der Waals surface area contributed by atoms with Crippen molar-refractivity contribution in [3.8, 4) is 0 Å². The quantitative estimate of drug-likeness (QED) is 0.457. The highest BCUT2D eigenvalue weighted by Crippen LogP contribution is 2.36. The molecule has 18 heavy (non-hydrogen) atoms. The lowest BCUT2D eigenvalue weighted by atomic mass is 10.0. The van der Waals surface area contributed by atoms with Crippen LogP contribution < -0.4 is 11.2 Å². The molecule has 0 bridgehead atoms. The van der Waals surface area contributed by atoms with Crippen LogP contribution >= 0.6 is 0 Å². The third-order valence-corrected chi connectivity index (χ3v) is 2.83. The summed E-state index contributed by atoms with van der Waals surface area (Å²) in [6.45, 7) is -1.94. The van der Waals surface area contributed by atoms with Gasteiger partial charge in [0.05, 0.1) is 0 Å². The number of aliphatic hydroxyl groups is 3. The summed E-state index contributed by atoms with van der Waals surface area (Å²) < 4.78 is 18.8. The predicted octanol–water partition coefficient (Wildman–Crippen LogP) is -2.77. The standard InChI is InChI=1S/C9H11FN2O6/c10-8(3-13)6(15)9(17,4-18-8)12-2-1-5(14)11-7(12)16/h1-2,6,13,15,17H,3-4H2,(H,11,14,16)/t6-,8-,9-/m1/s1. The van der Waals surface area contributed by atoms with Gasteiger partial charge in [0.25, 0.3) is 11.4 Å². The number of aliphatic hydroxyl groups excluding tert-OH is 2. The highest BCUT2D eigenvalue weighted by atomic mass is 19.2.